The van der Waals surface area contributed by atoms with Crippen molar-refractivity contribution in [1.29, 1.82) is 0 Å². The third-order valence-corrected chi connectivity index (χ3v) is 4.40. The molecule has 4 aromatic rings. The molecule has 4 rings (SSSR count). The number of methoxy groups -OCH3 is 1. The van der Waals surface area contributed by atoms with Gasteiger partial charge in [-0.1, -0.05) is 12.1 Å². The molecule has 1 amide bonds. The second-order valence-electron chi connectivity index (χ2n) is 6.31. The van der Waals surface area contributed by atoms with Crippen molar-refractivity contribution in [3.63, 3.8) is 0 Å². The zero-order valence-electron chi connectivity index (χ0n) is 15.6. The van der Waals surface area contributed by atoms with E-state index in [9.17, 15) is 9.18 Å². The van der Waals surface area contributed by atoms with Crippen molar-refractivity contribution in [2.24, 2.45) is 0 Å². The molecule has 0 aliphatic carbocycles. The van der Waals surface area contributed by atoms with E-state index in [0.29, 0.717) is 28.5 Å². The van der Waals surface area contributed by atoms with Gasteiger partial charge in [-0.2, -0.15) is 5.10 Å². The Kier molecular flexibility index (Phi) is 5.11. The van der Waals surface area contributed by atoms with Crippen molar-refractivity contribution in [3.8, 4) is 22.7 Å². The molecule has 1 N–H and O–H groups in total. The van der Waals surface area contributed by atoms with Gasteiger partial charge in [-0.15, -0.1) is 0 Å². The minimum Gasteiger partial charge on any atom is -0.497 e. The number of hydrogen-bond acceptors (Lipinski definition) is 4. The van der Waals surface area contributed by atoms with Gasteiger partial charge in [-0.25, -0.2) is 9.07 Å². The highest BCUT2D eigenvalue weighted by Crippen LogP contribution is 2.27. The predicted molar refractivity (Wildman–Crippen MR) is 105 cm³/mol. The average molecular weight is 391 g/mol. The van der Waals surface area contributed by atoms with Crippen molar-refractivity contribution in [2.75, 3.05) is 7.11 Å². The fourth-order valence-corrected chi connectivity index (χ4v) is 2.93. The number of halogens is 1. The molecule has 0 aliphatic rings. The molecule has 0 radical (unpaired) electrons. The molecule has 146 valence electrons. The molecule has 0 atom stereocenters. The second kappa shape index (κ2) is 8.02. The third kappa shape index (κ3) is 4.03. The van der Waals surface area contributed by atoms with Gasteiger partial charge in [0, 0.05) is 11.8 Å². The van der Waals surface area contributed by atoms with E-state index in [4.69, 9.17) is 9.15 Å². The van der Waals surface area contributed by atoms with Crippen LogP contribution in [-0.2, 0) is 6.54 Å². The molecule has 29 heavy (non-hydrogen) atoms. The van der Waals surface area contributed by atoms with E-state index in [1.54, 1.807) is 54.6 Å². The van der Waals surface area contributed by atoms with Crippen LogP contribution in [0.3, 0.4) is 0 Å². The lowest BCUT2D eigenvalue weighted by Crippen LogP contribution is -2.22. The predicted octanol–water partition coefficient (Wildman–Crippen LogP) is 4.21. The van der Waals surface area contributed by atoms with Crippen LogP contribution in [0, 0.1) is 5.82 Å². The number of nitrogens with zero attached hydrogens (tertiary/aromatic N) is 2. The van der Waals surface area contributed by atoms with Crippen molar-refractivity contribution in [3.05, 3.63) is 90.3 Å². The fourth-order valence-electron chi connectivity index (χ4n) is 2.93. The van der Waals surface area contributed by atoms with Crippen LogP contribution in [0.2, 0.25) is 0 Å². The summed E-state index contributed by atoms with van der Waals surface area (Å²) >= 11 is 0. The van der Waals surface area contributed by atoms with Crippen LogP contribution in [0.5, 0.6) is 5.75 Å². The molecule has 2 aromatic carbocycles. The van der Waals surface area contributed by atoms with Crippen molar-refractivity contribution in [1.82, 2.24) is 15.1 Å². The maximum absolute atomic E-state index is 13.3. The number of aromatic nitrogens is 2. The molecule has 0 aliphatic heterocycles. The Hall–Kier alpha value is -3.87. The highest BCUT2D eigenvalue weighted by atomic mass is 19.1. The van der Waals surface area contributed by atoms with Crippen LogP contribution >= 0.6 is 0 Å². The number of rotatable bonds is 6. The van der Waals surface area contributed by atoms with Gasteiger partial charge >= 0.3 is 0 Å². The Balaban J connectivity index is 1.72. The maximum atomic E-state index is 13.3. The quantitative estimate of drug-likeness (QED) is 0.535. The second-order valence-corrected chi connectivity index (χ2v) is 6.31. The number of hydrogen-bond donors (Lipinski definition) is 1. The van der Waals surface area contributed by atoms with Crippen LogP contribution < -0.4 is 10.1 Å². The largest absolute Gasteiger partial charge is 0.497 e. The van der Waals surface area contributed by atoms with Crippen molar-refractivity contribution >= 4 is 5.91 Å². The van der Waals surface area contributed by atoms with Crippen LogP contribution in [0.4, 0.5) is 4.39 Å². The standard InChI is InChI=1S/C22H18FN3O3/c1-28-18-5-2-4-15(12-18)21-20(22(27)24-13-19-6-3-11-29-19)14-26(25-21)17-9-7-16(23)8-10-17/h2-12,14H,13H2,1H3,(H,24,27). The zero-order valence-corrected chi connectivity index (χ0v) is 15.6. The van der Waals surface area contributed by atoms with Crippen LogP contribution in [-0.4, -0.2) is 22.8 Å². The first-order valence-corrected chi connectivity index (χ1v) is 8.94. The fraction of sp³-hybridized carbons (Fsp3) is 0.0909. The molecular formula is C22H18FN3O3. The van der Waals surface area contributed by atoms with E-state index in [0.717, 1.165) is 5.56 Å². The first-order chi connectivity index (χ1) is 14.1. The number of benzene rings is 2. The van der Waals surface area contributed by atoms with E-state index in [1.807, 2.05) is 18.2 Å². The summed E-state index contributed by atoms with van der Waals surface area (Å²) in [5.41, 5.74) is 2.24. The molecule has 2 aromatic heterocycles. The summed E-state index contributed by atoms with van der Waals surface area (Å²) in [4.78, 5) is 12.9. The topological polar surface area (TPSA) is 69.3 Å². The molecule has 7 heteroatoms. The number of carbonyl (C=O) groups excluding carboxylic acids is 1. The maximum Gasteiger partial charge on any atom is 0.255 e. The minimum atomic E-state index is -0.342. The monoisotopic (exact) mass is 391 g/mol. The van der Waals surface area contributed by atoms with Gasteiger partial charge in [0.25, 0.3) is 5.91 Å². The van der Waals surface area contributed by atoms with Crippen LogP contribution in [0.25, 0.3) is 16.9 Å². The average Bonchev–Trinajstić information content (AvgIpc) is 3.43. The van der Waals surface area contributed by atoms with E-state index >= 15 is 0 Å². The number of amides is 1. The molecule has 6 nitrogen and oxygen atoms in total. The number of ether oxygens (including phenoxy) is 1. The SMILES string of the molecule is COc1cccc(-c2nn(-c3ccc(F)cc3)cc2C(=O)NCc2ccco2)c1. The molecule has 0 bridgehead atoms. The summed E-state index contributed by atoms with van der Waals surface area (Å²) in [7, 11) is 1.58. The number of furan rings is 1. The lowest BCUT2D eigenvalue weighted by Gasteiger charge is -2.05. The summed E-state index contributed by atoms with van der Waals surface area (Å²) in [5.74, 6) is 0.658. The first-order valence-electron chi connectivity index (χ1n) is 8.94. The van der Waals surface area contributed by atoms with Crippen molar-refractivity contribution in [2.45, 2.75) is 6.54 Å². The van der Waals surface area contributed by atoms with E-state index in [1.165, 1.54) is 12.1 Å². The normalized spacial score (nSPS) is 10.7. The molecule has 0 saturated heterocycles. The zero-order chi connectivity index (χ0) is 20.2. The number of nitrogens with one attached hydrogen (secondary N) is 1. The molecule has 0 spiro atoms. The Bertz CT molecular complexity index is 1120. The Morgan fingerprint density at radius 2 is 2.00 bits per heavy atom. The van der Waals surface area contributed by atoms with Gasteiger partial charge in [0.05, 0.1) is 31.2 Å². The van der Waals surface area contributed by atoms with Crippen LogP contribution in [0.15, 0.2) is 77.5 Å². The molecule has 2 heterocycles. The minimum absolute atomic E-state index is 0.255. The van der Waals surface area contributed by atoms with Crippen LogP contribution in [0.1, 0.15) is 16.1 Å². The van der Waals surface area contributed by atoms with Gasteiger partial charge in [0.15, 0.2) is 0 Å². The van der Waals surface area contributed by atoms with Gasteiger partial charge in [-0.3, -0.25) is 4.79 Å². The number of carbonyl (C=O) groups is 1. The molecule has 0 unspecified atom stereocenters. The third-order valence-electron chi connectivity index (χ3n) is 4.40. The van der Waals surface area contributed by atoms with E-state index in [-0.39, 0.29) is 18.3 Å². The highest BCUT2D eigenvalue weighted by Gasteiger charge is 2.19. The van der Waals surface area contributed by atoms with Gasteiger partial charge in [-0.05, 0) is 48.5 Å². The van der Waals surface area contributed by atoms with Gasteiger partial charge in [0.2, 0.25) is 0 Å². The summed E-state index contributed by atoms with van der Waals surface area (Å²) < 4.78 is 25.4. The van der Waals surface area contributed by atoms with Gasteiger partial charge in [0.1, 0.15) is 23.0 Å². The Labute approximate surface area is 166 Å². The Morgan fingerprint density at radius 3 is 2.72 bits per heavy atom. The molecule has 0 saturated carbocycles. The summed E-state index contributed by atoms with van der Waals surface area (Å²) in [6.45, 7) is 0.255. The molecule has 0 fully saturated rings. The highest BCUT2D eigenvalue weighted by molar-refractivity contribution is 6.00. The summed E-state index contributed by atoms with van der Waals surface area (Å²) in [6, 6.07) is 16.7. The molecular weight excluding hydrogens is 373 g/mol. The van der Waals surface area contributed by atoms with Crippen molar-refractivity contribution < 1.29 is 18.3 Å². The lowest BCUT2D eigenvalue weighted by molar-refractivity contribution is 0.0948. The lowest BCUT2D eigenvalue weighted by atomic mass is 10.1. The van der Waals surface area contributed by atoms with E-state index in [2.05, 4.69) is 10.4 Å². The summed E-state index contributed by atoms with van der Waals surface area (Å²) in [6.07, 6.45) is 3.18. The first kappa shape index (κ1) is 18.5. The van der Waals surface area contributed by atoms with E-state index < -0.39 is 0 Å². The van der Waals surface area contributed by atoms with Gasteiger partial charge < -0.3 is 14.5 Å². The smallest absolute Gasteiger partial charge is 0.255 e. The summed E-state index contributed by atoms with van der Waals surface area (Å²) in [5, 5.41) is 7.41. The Morgan fingerprint density at radius 1 is 1.17 bits per heavy atom.